The Balaban J connectivity index is 2.34. The van der Waals surface area contributed by atoms with Crippen LogP contribution in [-0.2, 0) is 0 Å². The molecule has 0 unspecified atom stereocenters. The fourth-order valence-corrected chi connectivity index (χ4v) is 2.66. The van der Waals surface area contributed by atoms with Gasteiger partial charge in [0.25, 0.3) is 0 Å². The minimum atomic E-state index is 0.756. The number of nitrogen functional groups attached to an aromatic ring is 1. The van der Waals surface area contributed by atoms with Crippen LogP contribution >= 0.6 is 31.9 Å². The van der Waals surface area contributed by atoms with Crippen LogP contribution in [0, 0.1) is 6.92 Å². The zero-order valence-corrected chi connectivity index (χ0v) is 12.5. The molecule has 2 nitrogen and oxygen atoms in total. The first-order chi connectivity index (χ1) is 8.06. The Morgan fingerprint density at radius 3 is 2.47 bits per heavy atom. The van der Waals surface area contributed by atoms with Crippen LogP contribution in [0.4, 0.5) is 17.1 Å². The van der Waals surface area contributed by atoms with E-state index in [0.717, 1.165) is 31.6 Å². The first-order valence-electron chi connectivity index (χ1n) is 5.14. The van der Waals surface area contributed by atoms with Gasteiger partial charge in [0.15, 0.2) is 0 Å². The van der Waals surface area contributed by atoms with E-state index in [0.29, 0.717) is 0 Å². The number of anilines is 3. The average Bonchev–Trinajstić information content (AvgIpc) is 2.27. The van der Waals surface area contributed by atoms with Gasteiger partial charge in [-0.15, -0.1) is 0 Å². The SMILES string of the molecule is Cc1ccc(N)cc1Nc1ccc(Br)cc1Br. The van der Waals surface area contributed by atoms with Crippen molar-refractivity contribution in [1.29, 1.82) is 0 Å². The van der Waals surface area contributed by atoms with E-state index in [1.54, 1.807) is 0 Å². The highest BCUT2D eigenvalue weighted by Gasteiger charge is 2.03. The van der Waals surface area contributed by atoms with Gasteiger partial charge in [-0.2, -0.15) is 0 Å². The number of halogens is 2. The molecule has 0 saturated heterocycles. The third-order valence-corrected chi connectivity index (χ3v) is 3.61. The predicted octanol–water partition coefficient (Wildman–Crippen LogP) is 4.85. The number of hydrogen-bond donors (Lipinski definition) is 2. The van der Waals surface area contributed by atoms with E-state index < -0.39 is 0 Å². The molecule has 2 rings (SSSR count). The number of nitrogens with one attached hydrogen (secondary N) is 1. The normalized spacial score (nSPS) is 10.3. The summed E-state index contributed by atoms with van der Waals surface area (Å²) in [5.41, 5.74) is 9.74. The Labute approximate surface area is 117 Å². The lowest BCUT2D eigenvalue weighted by molar-refractivity contribution is 1.42. The van der Waals surface area contributed by atoms with Crippen molar-refractivity contribution in [2.45, 2.75) is 6.92 Å². The van der Waals surface area contributed by atoms with Gasteiger partial charge < -0.3 is 11.1 Å². The third-order valence-electron chi connectivity index (χ3n) is 2.46. The maximum atomic E-state index is 5.78. The average molecular weight is 356 g/mol. The number of rotatable bonds is 2. The first-order valence-corrected chi connectivity index (χ1v) is 6.73. The highest BCUT2D eigenvalue weighted by molar-refractivity contribution is 9.11. The third kappa shape index (κ3) is 3.01. The molecule has 0 aliphatic carbocycles. The van der Waals surface area contributed by atoms with Crippen LogP contribution in [0.2, 0.25) is 0 Å². The number of benzene rings is 2. The van der Waals surface area contributed by atoms with Crippen molar-refractivity contribution < 1.29 is 0 Å². The standard InChI is InChI=1S/C13H12Br2N2/c1-8-2-4-10(16)7-13(8)17-12-5-3-9(14)6-11(12)15/h2-7,17H,16H2,1H3. The largest absolute Gasteiger partial charge is 0.399 e. The molecular formula is C13H12Br2N2. The zero-order valence-electron chi connectivity index (χ0n) is 9.30. The summed E-state index contributed by atoms with van der Waals surface area (Å²) in [4.78, 5) is 0. The summed E-state index contributed by atoms with van der Waals surface area (Å²) in [6.45, 7) is 2.05. The van der Waals surface area contributed by atoms with Gasteiger partial charge in [0, 0.05) is 20.3 Å². The van der Waals surface area contributed by atoms with Crippen molar-refractivity contribution in [3.63, 3.8) is 0 Å². The summed E-state index contributed by atoms with van der Waals surface area (Å²) >= 11 is 6.95. The van der Waals surface area contributed by atoms with E-state index in [1.807, 2.05) is 36.4 Å². The molecule has 0 saturated carbocycles. The lowest BCUT2D eigenvalue weighted by atomic mass is 10.1. The first kappa shape index (κ1) is 12.5. The van der Waals surface area contributed by atoms with E-state index in [9.17, 15) is 0 Å². The molecule has 17 heavy (non-hydrogen) atoms. The summed E-state index contributed by atoms with van der Waals surface area (Å²) in [5, 5.41) is 3.36. The van der Waals surface area contributed by atoms with E-state index in [4.69, 9.17) is 5.73 Å². The van der Waals surface area contributed by atoms with Gasteiger partial charge in [-0.25, -0.2) is 0 Å². The molecule has 0 atom stereocenters. The molecule has 0 aliphatic rings. The van der Waals surface area contributed by atoms with Crippen LogP contribution < -0.4 is 11.1 Å². The van der Waals surface area contributed by atoms with E-state index in [-0.39, 0.29) is 0 Å². The molecule has 88 valence electrons. The molecule has 0 bridgehead atoms. The Morgan fingerprint density at radius 2 is 1.76 bits per heavy atom. The molecule has 0 heterocycles. The summed E-state index contributed by atoms with van der Waals surface area (Å²) in [6, 6.07) is 11.8. The molecule has 4 heteroatoms. The second-order valence-corrected chi connectivity index (χ2v) is 5.59. The van der Waals surface area contributed by atoms with Gasteiger partial charge in [-0.1, -0.05) is 22.0 Å². The summed E-state index contributed by atoms with van der Waals surface area (Å²) in [7, 11) is 0. The zero-order chi connectivity index (χ0) is 12.4. The summed E-state index contributed by atoms with van der Waals surface area (Å²) in [5.74, 6) is 0. The second kappa shape index (κ2) is 5.10. The van der Waals surface area contributed by atoms with Gasteiger partial charge in [0.05, 0.1) is 5.69 Å². The molecule has 0 fully saturated rings. The Bertz CT molecular complexity index is 553. The molecule has 0 radical (unpaired) electrons. The smallest absolute Gasteiger partial charge is 0.0529 e. The van der Waals surface area contributed by atoms with Crippen molar-refractivity contribution >= 4 is 48.9 Å². The molecular weight excluding hydrogens is 344 g/mol. The highest BCUT2D eigenvalue weighted by Crippen LogP contribution is 2.30. The quantitative estimate of drug-likeness (QED) is 0.756. The van der Waals surface area contributed by atoms with Crippen molar-refractivity contribution in [2.75, 3.05) is 11.1 Å². The minimum Gasteiger partial charge on any atom is -0.399 e. The number of hydrogen-bond acceptors (Lipinski definition) is 2. The topological polar surface area (TPSA) is 38.0 Å². The number of nitrogens with two attached hydrogens (primary N) is 1. The minimum absolute atomic E-state index is 0.756. The maximum absolute atomic E-state index is 5.78. The van der Waals surface area contributed by atoms with Gasteiger partial charge in [0.1, 0.15) is 0 Å². The van der Waals surface area contributed by atoms with Crippen LogP contribution in [0.5, 0.6) is 0 Å². The predicted molar refractivity (Wildman–Crippen MR) is 80.7 cm³/mol. The summed E-state index contributed by atoms with van der Waals surface area (Å²) < 4.78 is 2.05. The van der Waals surface area contributed by atoms with E-state index in [2.05, 4.69) is 44.1 Å². The Kier molecular flexibility index (Phi) is 3.74. The van der Waals surface area contributed by atoms with Crippen molar-refractivity contribution in [3.8, 4) is 0 Å². The van der Waals surface area contributed by atoms with Gasteiger partial charge in [-0.05, 0) is 58.7 Å². The number of aryl methyl sites for hydroxylation is 1. The van der Waals surface area contributed by atoms with Crippen LogP contribution in [0.3, 0.4) is 0 Å². The van der Waals surface area contributed by atoms with E-state index in [1.165, 1.54) is 0 Å². The van der Waals surface area contributed by atoms with Gasteiger partial charge in [0.2, 0.25) is 0 Å². The molecule has 2 aromatic carbocycles. The van der Waals surface area contributed by atoms with Gasteiger partial charge in [-0.3, -0.25) is 0 Å². The summed E-state index contributed by atoms with van der Waals surface area (Å²) in [6.07, 6.45) is 0. The molecule has 0 spiro atoms. The molecule has 3 N–H and O–H groups in total. The van der Waals surface area contributed by atoms with Crippen LogP contribution in [0.1, 0.15) is 5.56 Å². The van der Waals surface area contributed by atoms with Crippen molar-refractivity contribution in [2.24, 2.45) is 0 Å². The monoisotopic (exact) mass is 354 g/mol. The Morgan fingerprint density at radius 1 is 1.00 bits per heavy atom. The highest BCUT2D eigenvalue weighted by atomic mass is 79.9. The van der Waals surface area contributed by atoms with Gasteiger partial charge >= 0.3 is 0 Å². The van der Waals surface area contributed by atoms with Crippen molar-refractivity contribution in [3.05, 3.63) is 50.9 Å². The lowest BCUT2D eigenvalue weighted by Gasteiger charge is -2.12. The molecule has 2 aromatic rings. The molecule has 0 aromatic heterocycles. The van der Waals surface area contributed by atoms with Crippen LogP contribution in [-0.4, -0.2) is 0 Å². The van der Waals surface area contributed by atoms with E-state index >= 15 is 0 Å². The van der Waals surface area contributed by atoms with Crippen molar-refractivity contribution in [1.82, 2.24) is 0 Å². The fourth-order valence-electron chi connectivity index (χ4n) is 1.51. The maximum Gasteiger partial charge on any atom is 0.0529 e. The second-order valence-electron chi connectivity index (χ2n) is 3.82. The van der Waals surface area contributed by atoms with Crippen LogP contribution in [0.15, 0.2) is 45.3 Å². The fraction of sp³-hybridized carbons (Fsp3) is 0.0769. The lowest BCUT2D eigenvalue weighted by Crippen LogP contribution is -1.95. The molecule has 0 amide bonds. The molecule has 0 aliphatic heterocycles. The van der Waals surface area contributed by atoms with Crippen LogP contribution in [0.25, 0.3) is 0 Å². The Hall–Kier alpha value is -1.000.